The molecule has 1 aliphatic heterocycles. The van der Waals surface area contributed by atoms with Crippen LogP contribution < -0.4 is 4.74 Å². The van der Waals surface area contributed by atoms with Crippen molar-refractivity contribution in [1.82, 2.24) is 4.90 Å². The molecule has 2 fully saturated rings. The molecule has 138 valence electrons. The summed E-state index contributed by atoms with van der Waals surface area (Å²) in [5.74, 6) is 0.874. The molecule has 0 atom stereocenters. The summed E-state index contributed by atoms with van der Waals surface area (Å²) in [6.07, 6.45) is 6.40. The Morgan fingerprint density at radius 2 is 1.78 bits per heavy atom. The molecule has 0 unspecified atom stereocenters. The van der Waals surface area contributed by atoms with E-state index in [-0.39, 0.29) is 11.9 Å². The van der Waals surface area contributed by atoms with Crippen molar-refractivity contribution < 1.29 is 9.53 Å². The van der Waals surface area contributed by atoms with Crippen LogP contribution in [0.25, 0.3) is 6.08 Å². The quantitative estimate of drug-likeness (QED) is 0.683. The molecule has 0 radical (unpaired) electrons. The average molecular weight is 378 g/mol. The van der Waals surface area contributed by atoms with Crippen LogP contribution in [0.15, 0.2) is 64.5 Å². The highest BCUT2D eigenvalue weighted by molar-refractivity contribution is 8.18. The molecule has 1 heterocycles. The van der Waals surface area contributed by atoms with Crippen molar-refractivity contribution in [3.63, 3.8) is 0 Å². The van der Waals surface area contributed by atoms with E-state index < -0.39 is 0 Å². The molecule has 0 bridgehead atoms. The zero-order valence-corrected chi connectivity index (χ0v) is 16.1. The van der Waals surface area contributed by atoms with Gasteiger partial charge in [-0.1, -0.05) is 43.2 Å². The fourth-order valence-electron chi connectivity index (χ4n) is 3.51. The molecule has 4 rings (SSSR count). The van der Waals surface area contributed by atoms with Crippen LogP contribution in [0, 0.1) is 0 Å². The number of nitrogens with zero attached hydrogens (tertiary/aromatic N) is 2. The number of carbonyl (C=O) groups is 1. The van der Waals surface area contributed by atoms with Gasteiger partial charge >= 0.3 is 0 Å². The zero-order chi connectivity index (χ0) is 18.6. The van der Waals surface area contributed by atoms with Crippen LogP contribution in [-0.2, 0) is 4.79 Å². The zero-order valence-electron chi connectivity index (χ0n) is 15.3. The maximum atomic E-state index is 13.2. The van der Waals surface area contributed by atoms with Gasteiger partial charge in [0.2, 0.25) is 0 Å². The predicted molar refractivity (Wildman–Crippen MR) is 111 cm³/mol. The van der Waals surface area contributed by atoms with Gasteiger partial charge in [0.1, 0.15) is 5.75 Å². The lowest BCUT2D eigenvalue weighted by Gasteiger charge is -2.22. The van der Waals surface area contributed by atoms with Gasteiger partial charge in [0, 0.05) is 6.04 Å². The Balaban J connectivity index is 1.66. The van der Waals surface area contributed by atoms with Crippen molar-refractivity contribution in [3.05, 3.63) is 65.1 Å². The molecule has 2 aliphatic rings. The summed E-state index contributed by atoms with van der Waals surface area (Å²) in [7, 11) is 1.65. The largest absolute Gasteiger partial charge is 0.497 e. The smallest absolute Gasteiger partial charge is 0.267 e. The number of amides is 1. The lowest BCUT2D eigenvalue weighted by molar-refractivity contribution is -0.123. The minimum atomic E-state index is 0.0670. The topological polar surface area (TPSA) is 41.9 Å². The number of ether oxygens (including phenoxy) is 1. The first-order valence-electron chi connectivity index (χ1n) is 9.25. The van der Waals surface area contributed by atoms with Crippen molar-refractivity contribution in [2.75, 3.05) is 7.11 Å². The van der Waals surface area contributed by atoms with E-state index in [9.17, 15) is 4.79 Å². The first-order chi connectivity index (χ1) is 13.2. The lowest BCUT2D eigenvalue weighted by Crippen LogP contribution is -2.37. The second-order valence-corrected chi connectivity index (χ2v) is 7.74. The fourth-order valence-corrected chi connectivity index (χ4v) is 4.57. The van der Waals surface area contributed by atoms with E-state index >= 15 is 0 Å². The number of amidine groups is 1. The fraction of sp³-hybridized carbons (Fsp3) is 0.273. The Hall–Kier alpha value is -2.53. The molecular formula is C22H22N2O2S. The summed E-state index contributed by atoms with van der Waals surface area (Å²) >= 11 is 1.47. The Labute approximate surface area is 163 Å². The second kappa shape index (κ2) is 8.01. The van der Waals surface area contributed by atoms with Crippen molar-refractivity contribution in [2.24, 2.45) is 4.99 Å². The Kier molecular flexibility index (Phi) is 5.30. The van der Waals surface area contributed by atoms with Gasteiger partial charge in [-0.15, -0.1) is 0 Å². The summed E-state index contributed by atoms with van der Waals surface area (Å²) in [5.41, 5.74) is 1.86. The first-order valence-corrected chi connectivity index (χ1v) is 10.1. The number of para-hydroxylation sites is 1. The minimum Gasteiger partial charge on any atom is -0.497 e. The summed E-state index contributed by atoms with van der Waals surface area (Å²) in [5, 5.41) is 0.790. The first kappa shape index (κ1) is 17.9. The monoisotopic (exact) mass is 378 g/mol. The van der Waals surface area contributed by atoms with Crippen LogP contribution in [0.5, 0.6) is 5.75 Å². The summed E-state index contributed by atoms with van der Waals surface area (Å²) in [6, 6.07) is 17.8. The molecule has 2 aromatic carbocycles. The maximum Gasteiger partial charge on any atom is 0.267 e. The third-order valence-corrected chi connectivity index (χ3v) is 5.90. The highest BCUT2D eigenvalue weighted by Crippen LogP contribution is 2.39. The van der Waals surface area contributed by atoms with Gasteiger partial charge in [0.15, 0.2) is 5.17 Å². The summed E-state index contributed by atoms with van der Waals surface area (Å²) in [6.45, 7) is 0. The second-order valence-electron chi connectivity index (χ2n) is 6.73. The third kappa shape index (κ3) is 3.93. The van der Waals surface area contributed by atoms with Crippen molar-refractivity contribution in [1.29, 1.82) is 0 Å². The van der Waals surface area contributed by atoms with E-state index in [0.29, 0.717) is 0 Å². The van der Waals surface area contributed by atoms with Crippen LogP contribution >= 0.6 is 11.8 Å². The summed E-state index contributed by atoms with van der Waals surface area (Å²) < 4.78 is 5.21. The molecule has 1 aliphatic carbocycles. The van der Waals surface area contributed by atoms with Gasteiger partial charge in [0.05, 0.1) is 17.7 Å². The van der Waals surface area contributed by atoms with Gasteiger partial charge in [-0.05, 0) is 60.5 Å². The van der Waals surface area contributed by atoms with E-state index in [4.69, 9.17) is 9.73 Å². The van der Waals surface area contributed by atoms with Crippen LogP contribution in [0.3, 0.4) is 0 Å². The van der Waals surface area contributed by atoms with E-state index in [1.54, 1.807) is 7.11 Å². The van der Waals surface area contributed by atoms with Crippen LogP contribution in [0.4, 0.5) is 5.69 Å². The maximum absolute atomic E-state index is 13.2. The van der Waals surface area contributed by atoms with Gasteiger partial charge < -0.3 is 4.74 Å². The van der Waals surface area contributed by atoms with E-state index in [1.807, 2.05) is 65.6 Å². The number of hydrogen-bond donors (Lipinski definition) is 0. The lowest BCUT2D eigenvalue weighted by atomic mass is 10.2. The molecule has 0 aromatic heterocycles. The van der Waals surface area contributed by atoms with E-state index in [0.717, 1.165) is 39.9 Å². The number of thioether (sulfide) groups is 1. The molecule has 0 N–H and O–H groups in total. The number of aliphatic imine (C=N–C) groups is 1. The molecule has 1 saturated heterocycles. The number of hydrogen-bond acceptors (Lipinski definition) is 4. The van der Waals surface area contributed by atoms with Gasteiger partial charge in [-0.3, -0.25) is 9.69 Å². The van der Waals surface area contributed by atoms with Crippen molar-refractivity contribution >= 4 is 34.6 Å². The average Bonchev–Trinajstić information content (AvgIpc) is 3.32. The Bertz CT molecular complexity index is 869. The highest BCUT2D eigenvalue weighted by atomic mass is 32.2. The molecule has 1 amide bonds. The van der Waals surface area contributed by atoms with Gasteiger partial charge in [-0.2, -0.15) is 0 Å². The normalized spacial score (nSPS) is 20.8. The van der Waals surface area contributed by atoms with Crippen molar-refractivity contribution in [2.45, 2.75) is 31.7 Å². The summed E-state index contributed by atoms with van der Waals surface area (Å²) in [4.78, 5) is 20.6. The van der Waals surface area contributed by atoms with Crippen molar-refractivity contribution in [3.8, 4) is 5.75 Å². The number of carbonyl (C=O) groups excluding carboxylic acids is 1. The number of rotatable bonds is 4. The van der Waals surface area contributed by atoms with Crippen LogP contribution in [0.1, 0.15) is 31.2 Å². The number of methoxy groups -OCH3 is 1. The molecular weight excluding hydrogens is 356 g/mol. The molecule has 2 aromatic rings. The standard InChI is InChI=1S/C22H22N2O2S/c1-26-19-13-11-16(12-14-19)15-20-21(25)24(18-9-5-6-10-18)22(27-20)23-17-7-3-2-4-8-17/h2-4,7-8,11-15,18H,5-6,9-10H2,1H3. The molecule has 1 saturated carbocycles. The minimum absolute atomic E-state index is 0.0670. The third-order valence-electron chi connectivity index (χ3n) is 4.92. The molecule has 4 nitrogen and oxygen atoms in total. The van der Waals surface area contributed by atoms with Gasteiger partial charge in [-0.25, -0.2) is 4.99 Å². The van der Waals surface area contributed by atoms with Crippen LogP contribution in [0.2, 0.25) is 0 Å². The SMILES string of the molecule is COc1ccc(C=C2SC(=Nc3ccccc3)N(C3CCCC3)C2=O)cc1. The van der Waals surface area contributed by atoms with E-state index in [1.165, 1.54) is 24.6 Å². The predicted octanol–water partition coefficient (Wildman–Crippen LogP) is 5.24. The Morgan fingerprint density at radius 3 is 2.44 bits per heavy atom. The van der Waals surface area contributed by atoms with Gasteiger partial charge in [0.25, 0.3) is 5.91 Å². The van der Waals surface area contributed by atoms with Crippen LogP contribution in [-0.4, -0.2) is 29.1 Å². The highest BCUT2D eigenvalue weighted by Gasteiger charge is 2.39. The molecule has 0 spiro atoms. The molecule has 5 heteroatoms. The Morgan fingerprint density at radius 1 is 1.07 bits per heavy atom. The van der Waals surface area contributed by atoms with E-state index in [2.05, 4.69) is 0 Å². The number of benzene rings is 2. The molecule has 27 heavy (non-hydrogen) atoms.